The van der Waals surface area contributed by atoms with E-state index in [9.17, 15) is 9.59 Å². The van der Waals surface area contributed by atoms with E-state index in [0.29, 0.717) is 17.8 Å². The summed E-state index contributed by atoms with van der Waals surface area (Å²) in [7, 11) is 0. The van der Waals surface area contributed by atoms with Crippen LogP contribution in [0.5, 0.6) is 0 Å². The number of thiophene rings is 1. The molecule has 1 amide bonds. The predicted molar refractivity (Wildman–Crippen MR) is 141 cm³/mol. The lowest BCUT2D eigenvalue weighted by molar-refractivity contribution is -0.118. The van der Waals surface area contributed by atoms with Gasteiger partial charge in [-0.3, -0.25) is 9.59 Å². The molecule has 7 heteroatoms. The lowest BCUT2D eigenvalue weighted by atomic mass is 9.69. The lowest BCUT2D eigenvalue weighted by Gasteiger charge is -2.39. The molecule has 0 fully saturated rings. The van der Waals surface area contributed by atoms with Crippen molar-refractivity contribution in [3.63, 3.8) is 0 Å². The third-order valence-electron chi connectivity index (χ3n) is 6.35. The molecule has 2 N–H and O–H groups in total. The first-order chi connectivity index (χ1) is 16.1. The first-order valence-electron chi connectivity index (χ1n) is 11.9. The minimum Gasteiger partial charge on any atom is -0.362 e. The Bertz CT molecular complexity index is 1190. The number of carbonyl (C=O) groups excluding carboxylic acids is 2. The van der Waals surface area contributed by atoms with Gasteiger partial charge in [-0.1, -0.05) is 33.8 Å². The number of aromatic nitrogens is 1. The van der Waals surface area contributed by atoms with Crippen molar-refractivity contribution in [2.45, 2.75) is 70.9 Å². The second-order valence-corrected chi connectivity index (χ2v) is 12.5. The first-order valence-corrected chi connectivity index (χ1v) is 13.7. The fourth-order valence-corrected chi connectivity index (χ4v) is 7.21. The van der Waals surface area contributed by atoms with E-state index in [2.05, 4.69) is 49.4 Å². The molecule has 2 aromatic heterocycles. The quantitative estimate of drug-likeness (QED) is 0.456. The second kappa shape index (κ2) is 9.70. The van der Waals surface area contributed by atoms with Crippen molar-refractivity contribution in [2.75, 3.05) is 11.1 Å². The van der Waals surface area contributed by atoms with E-state index in [1.165, 1.54) is 9.09 Å². The largest absolute Gasteiger partial charge is 0.362 e. The van der Waals surface area contributed by atoms with Crippen molar-refractivity contribution < 1.29 is 9.59 Å². The summed E-state index contributed by atoms with van der Waals surface area (Å²) < 4.78 is 1.20. The van der Waals surface area contributed by atoms with Crippen molar-refractivity contribution in [1.29, 1.82) is 0 Å². The number of rotatable bonds is 6. The van der Waals surface area contributed by atoms with Crippen LogP contribution in [0.2, 0.25) is 0 Å². The number of nitrogens with zero attached hydrogens (tertiary/aromatic N) is 1. The number of dihydropyridines is 1. The summed E-state index contributed by atoms with van der Waals surface area (Å²) in [6.07, 6.45) is 3.94. The van der Waals surface area contributed by atoms with Crippen LogP contribution in [-0.4, -0.2) is 22.4 Å². The smallest absolute Gasteiger partial charge is 0.255 e. The van der Waals surface area contributed by atoms with Gasteiger partial charge >= 0.3 is 0 Å². The summed E-state index contributed by atoms with van der Waals surface area (Å²) in [5.41, 5.74) is 5.13. The number of allylic oxidation sites excluding steroid dienone is 3. The Hall–Kier alpha value is -2.38. The monoisotopic (exact) mass is 495 g/mol. The molecule has 0 radical (unpaired) electrons. The fraction of sp³-hybridized carbons (Fsp3) is 0.444. The van der Waals surface area contributed by atoms with Gasteiger partial charge in [0.05, 0.1) is 4.21 Å². The highest BCUT2D eigenvalue weighted by molar-refractivity contribution is 8.01. The van der Waals surface area contributed by atoms with Crippen molar-refractivity contribution in [3.05, 3.63) is 62.9 Å². The third-order valence-corrected chi connectivity index (χ3v) is 8.83. The highest BCUT2D eigenvalue weighted by Gasteiger charge is 2.43. The summed E-state index contributed by atoms with van der Waals surface area (Å²) in [4.78, 5) is 32.9. The Morgan fingerprint density at radius 1 is 1.26 bits per heavy atom. The molecular weight excluding hydrogens is 462 g/mol. The van der Waals surface area contributed by atoms with Crippen LogP contribution in [0.25, 0.3) is 0 Å². The van der Waals surface area contributed by atoms with Gasteiger partial charge in [0, 0.05) is 46.0 Å². The van der Waals surface area contributed by atoms with Crippen molar-refractivity contribution in [2.24, 2.45) is 5.41 Å². The topological polar surface area (TPSA) is 71.1 Å². The highest BCUT2D eigenvalue weighted by Crippen LogP contribution is 2.50. The van der Waals surface area contributed by atoms with E-state index in [4.69, 9.17) is 0 Å². The molecule has 1 aliphatic carbocycles. The van der Waals surface area contributed by atoms with Gasteiger partial charge in [-0.15, -0.1) is 23.1 Å². The van der Waals surface area contributed by atoms with Gasteiger partial charge in [0.25, 0.3) is 5.91 Å². The normalized spacial score (nSPS) is 19.7. The molecule has 1 aliphatic heterocycles. The van der Waals surface area contributed by atoms with Crippen molar-refractivity contribution in [1.82, 2.24) is 10.3 Å². The maximum absolute atomic E-state index is 13.7. The average Bonchev–Trinajstić information content (AvgIpc) is 3.16. The molecule has 0 aromatic carbocycles. The molecule has 34 heavy (non-hydrogen) atoms. The number of aryl methyl sites for hydroxylation is 2. The fourth-order valence-electron chi connectivity index (χ4n) is 4.83. The molecule has 4 rings (SSSR count). The van der Waals surface area contributed by atoms with Crippen LogP contribution in [0.3, 0.4) is 0 Å². The van der Waals surface area contributed by atoms with E-state index < -0.39 is 0 Å². The molecule has 3 heterocycles. The van der Waals surface area contributed by atoms with Crippen LogP contribution in [0.1, 0.15) is 69.4 Å². The molecule has 1 atom stereocenters. The summed E-state index contributed by atoms with van der Waals surface area (Å²) in [5, 5.41) is 6.44. The van der Waals surface area contributed by atoms with Crippen molar-refractivity contribution in [3.8, 4) is 0 Å². The number of ketones is 1. The summed E-state index contributed by atoms with van der Waals surface area (Å²) in [6.45, 7) is 12.5. The molecule has 0 spiro atoms. The van der Waals surface area contributed by atoms with Crippen molar-refractivity contribution >= 4 is 40.6 Å². The van der Waals surface area contributed by atoms with E-state index in [1.807, 2.05) is 26.0 Å². The number of nitrogens with one attached hydrogen (secondary N) is 2. The predicted octanol–water partition coefficient (Wildman–Crippen LogP) is 6.37. The van der Waals surface area contributed by atoms with Gasteiger partial charge in [0.2, 0.25) is 0 Å². The Balaban J connectivity index is 1.85. The van der Waals surface area contributed by atoms with Gasteiger partial charge in [0.15, 0.2) is 5.78 Å². The van der Waals surface area contributed by atoms with E-state index >= 15 is 0 Å². The Morgan fingerprint density at radius 2 is 2.03 bits per heavy atom. The molecule has 5 nitrogen and oxygen atoms in total. The SMILES string of the molecule is CCSc1sc(CC)cc1[C@@H]1C(C(=O)Nc2ccc(C)cn2)=C(C)NC2=C1C(=O)CC(C)(C)C2. The van der Waals surface area contributed by atoms with Gasteiger partial charge in [-0.2, -0.15) is 0 Å². The Kier molecular flexibility index (Phi) is 7.06. The number of pyridine rings is 1. The maximum atomic E-state index is 13.7. The van der Waals surface area contributed by atoms with Crippen LogP contribution in [-0.2, 0) is 16.0 Å². The van der Waals surface area contributed by atoms with Gasteiger partial charge in [-0.05, 0) is 61.1 Å². The number of amides is 1. The molecule has 0 unspecified atom stereocenters. The third kappa shape index (κ3) is 4.86. The summed E-state index contributed by atoms with van der Waals surface area (Å²) in [5.74, 6) is 0.981. The minimum absolute atomic E-state index is 0.108. The number of hydrogen-bond donors (Lipinski definition) is 2. The summed E-state index contributed by atoms with van der Waals surface area (Å²) >= 11 is 3.57. The average molecular weight is 496 g/mol. The summed E-state index contributed by atoms with van der Waals surface area (Å²) in [6, 6.07) is 5.95. The molecule has 0 bridgehead atoms. The highest BCUT2D eigenvalue weighted by atomic mass is 32.2. The number of thioether (sulfide) groups is 1. The van der Waals surface area contributed by atoms with Crippen LogP contribution >= 0.6 is 23.1 Å². The number of anilines is 1. The van der Waals surface area contributed by atoms with Crippen LogP contribution in [0.4, 0.5) is 5.82 Å². The van der Waals surface area contributed by atoms with Crippen LogP contribution in [0, 0.1) is 12.3 Å². The standard InChI is InChI=1S/C27H33N3O2S2/c1-7-17-11-18(26(34-17)33-8-2)23-22(25(32)30-21-10-9-15(3)14-28-21)16(4)29-19-12-27(5,6)13-20(31)24(19)23/h9-11,14,23,29H,7-8,12-13H2,1-6H3,(H,28,30,32)/t23-/m1/s1. The van der Waals surface area contributed by atoms with E-state index in [1.54, 1.807) is 29.3 Å². The Labute approximate surface area is 210 Å². The minimum atomic E-state index is -0.379. The molecular formula is C27H33N3O2S2. The van der Waals surface area contributed by atoms with E-state index in [0.717, 1.165) is 46.7 Å². The zero-order chi connectivity index (χ0) is 24.6. The van der Waals surface area contributed by atoms with Gasteiger partial charge < -0.3 is 10.6 Å². The number of Topliss-reactive ketones (excluding diaryl/α,β-unsaturated/α-hetero) is 1. The second-order valence-electron chi connectivity index (χ2n) is 9.85. The molecule has 0 saturated carbocycles. The van der Waals surface area contributed by atoms with Gasteiger partial charge in [0.1, 0.15) is 5.82 Å². The van der Waals surface area contributed by atoms with E-state index in [-0.39, 0.29) is 23.0 Å². The number of carbonyl (C=O) groups is 2. The van der Waals surface area contributed by atoms with Crippen LogP contribution in [0.15, 0.2) is 51.1 Å². The van der Waals surface area contributed by atoms with Gasteiger partial charge in [-0.25, -0.2) is 4.98 Å². The maximum Gasteiger partial charge on any atom is 0.255 e. The Morgan fingerprint density at radius 3 is 2.68 bits per heavy atom. The molecule has 0 saturated heterocycles. The van der Waals surface area contributed by atoms with Crippen LogP contribution < -0.4 is 10.6 Å². The molecule has 2 aromatic rings. The number of hydrogen-bond acceptors (Lipinski definition) is 6. The molecule has 2 aliphatic rings. The molecule has 180 valence electrons. The zero-order valence-electron chi connectivity index (χ0n) is 20.8. The first kappa shape index (κ1) is 24.7. The zero-order valence-corrected chi connectivity index (χ0v) is 22.4. The lowest BCUT2D eigenvalue weighted by Crippen LogP contribution is -2.39.